The predicted octanol–water partition coefficient (Wildman–Crippen LogP) is 2.48. The van der Waals surface area contributed by atoms with E-state index in [-0.39, 0.29) is 23.5 Å². The molecule has 2 aromatic rings. The van der Waals surface area contributed by atoms with Gasteiger partial charge in [-0.3, -0.25) is 10.1 Å². The number of aliphatic hydroxyl groups is 2. The molecule has 2 aliphatic carbocycles. The topological polar surface area (TPSA) is 90.8 Å². The van der Waals surface area contributed by atoms with Crippen LogP contribution >= 0.6 is 0 Å². The molecule has 0 aromatic heterocycles. The zero-order valence-electron chi connectivity index (χ0n) is 18.0. The molecule has 5 rings (SSSR count). The molecule has 1 heterocycles. The highest BCUT2D eigenvalue weighted by atomic mass is 16.5. The van der Waals surface area contributed by atoms with Crippen LogP contribution < -0.4 is 15.4 Å². The highest BCUT2D eigenvalue weighted by Gasteiger charge is 2.56. The second-order valence-electron chi connectivity index (χ2n) is 9.18. The lowest BCUT2D eigenvalue weighted by Crippen LogP contribution is -2.31. The molecular weight excluding hydrogens is 392 g/mol. The van der Waals surface area contributed by atoms with Crippen molar-refractivity contribution in [2.75, 3.05) is 13.7 Å². The van der Waals surface area contributed by atoms with Crippen molar-refractivity contribution in [2.24, 2.45) is 11.8 Å². The summed E-state index contributed by atoms with van der Waals surface area (Å²) in [6, 6.07) is 14.0. The van der Waals surface area contributed by atoms with E-state index in [1.54, 1.807) is 13.1 Å². The van der Waals surface area contributed by atoms with Crippen molar-refractivity contribution < 1.29 is 19.7 Å². The lowest BCUT2D eigenvalue weighted by atomic mass is 9.73. The van der Waals surface area contributed by atoms with Gasteiger partial charge in [-0.1, -0.05) is 37.3 Å². The molecule has 6 nitrogen and oxygen atoms in total. The molecule has 2 aromatic carbocycles. The zero-order chi connectivity index (χ0) is 21.8. The van der Waals surface area contributed by atoms with Crippen LogP contribution in [0.3, 0.4) is 0 Å². The van der Waals surface area contributed by atoms with Gasteiger partial charge in [0.1, 0.15) is 18.6 Å². The second kappa shape index (κ2) is 7.62. The summed E-state index contributed by atoms with van der Waals surface area (Å²) in [5.41, 5.74) is 2.85. The van der Waals surface area contributed by atoms with Crippen LogP contribution in [0.15, 0.2) is 42.5 Å². The number of carbonyl (C=O) groups is 1. The van der Waals surface area contributed by atoms with Crippen molar-refractivity contribution in [1.82, 2.24) is 10.6 Å². The first kappa shape index (κ1) is 20.5. The number of fused-ring (bicyclic) bond motifs is 2. The number of carbonyl (C=O) groups excluding carboxylic acids is 1. The van der Waals surface area contributed by atoms with E-state index in [9.17, 15) is 15.0 Å². The van der Waals surface area contributed by atoms with Gasteiger partial charge in [-0.15, -0.1) is 0 Å². The Labute approximate surface area is 182 Å². The Bertz CT molecular complexity index is 983. The van der Waals surface area contributed by atoms with E-state index in [1.165, 1.54) is 0 Å². The van der Waals surface area contributed by atoms with Crippen LogP contribution in [0, 0.1) is 11.8 Å². The van der Waals surface area contributed by atoms with Crippen molar-refractivity contribution in [2.45, 2.75) is 50.0 Å². The van der Waals surface area contributed by atoms with Crippen LogP contribution in [0.25, 0.3) is 0 Å². The van der Waals surface area contributed by atoms with E-state index in [0.717, 1.165) is 30.4 Å². The fraction of sp³-hybridized carbons (Fsp3) is 0.480. The fourth-order valence-corrected chi connectivity index (χ4v) is 5.68. The third-order valence-corrected chi connectivity index (χ3v) is 7.57. The molecule has 6 atom stereocenters. The molecule has 4 N–H and O–H groups in total. The largest absolute Gasteiger partial charge is 0.492 e. The lowest BCUT2D eigenvalue weighted by Gasteiger charge is -2.28. The summed E-state index contributed by atoms with van der Waals surface area (Å²) in [6.45, 7) is 2.60. The van der Waals surface area contributed by atoms with Gasteiger partial charge < -0.3 is 20.3 Å². The molecule has 6 heteroatoms. The van der Waals surface area contributed by atoms with Crippen LogP contribution in [0.2, 0.25) is 0 Å². The van der Waals surface area contributed by atoms with E-state index in [2.05, 4.69) is 29.7 Å². The Balaban J connectivity index is 1.53. The van der Waals surface area contributed by atoms with Crippen molar-refractivity contribution >= 4 is 5.91 Å². The molecule has 164 valence electrons. The van der Waals surface area contributed by atoms with Crippen LogP contribution in [-0.4, -0.2) is 41.9 Å². The number of hydrogen-bond acceptors (Lipinski definition) is 5. The second-order valence-corrected chi connectivity index (χ2v) is 9.18. The van der Waals surface area contributed by atoms with E-state index in [4.69, 9.17) is 4.74 Å². The summed E-state index contributed by atoms with van der Waals surface area (Å²) in [4.78, 5) is 13.2. The first-order chi connectivity index (χ1) is 15.0. The van der Waals surface area contributed by atoms with Crippen LogP contribution in [-0.2, 0) is 5.41 Å². The first-order valence-electron chi connectivity index (χ1n) is 11.2. The molecule has 31 heavy (non-hydrogen) atoms. The molecule has 0 radical (unpaired) electrons. The number of aliphatic hydroxyl groups excluding tert-OH is 2. The highest BCUT2D eigenvalue weighted by molar-refractivity contribution is 5.95. The number of ether oxygens (including phenoxy) is 1. The summed E-state index contributed by atoms with van der Waals surface area (Å²) in [5, 5.41) is 26.4. The van der Waals surface area contributed by atoms with Crippen LogP contribution in [0.5, 0.6) is 5.75 Å². The van der Waals surface area contributed by atoms with Gasteiger partial charge in [0.25, 0.3) is 5.91 Å². The number of hydrogen-bond donors (Lipinski definition) is 4. The molecular formula is C25H30N2O4. The van der Waals surface area contributed by atoms with Gasteiger partial charge in [0.05, 0.1) is 11.5 Å². The minimum absolute atomic E-state index is 0.133. The van der Waals surface area contributed by atoms with Gasteiger partial charge in [-0.25, -0.2) is 0 Å². The standard InChI is InChI=1S/C25H30N2O4/c1-3-25(15-7-5-4-6-8-15)13-31-22-19(24(30)26-2)9-14(10-20(22)25)23(29)27-21-17-11-16(28)12-18(17)21/h4-10,16-18,21,24,26,28,30H,3,11-13H2,1-2H3,(H,27,29)/t16-,17-,18+,21+,24?,25-/m0/s1. The molecule has 1 aliphatic heterocycles. The number of nitrogens with one attached hydrogen (secondary N) is 2. The minimum Gasteiger partial charge on any atom is -0.492 e. The van der Waals surface area contributed by atoms with Crippen molar-refractivity contribution in [1.29, 1.82) is 0 Å². The summed E-state index contributed by atoms with van der Waals surface area (Å²) >= 11 is 0. The predicted molar refractivity (Wildman–Crippen MR) is 117 cm³/mol. The minimum atomic E-state index is -0.930. The Morgan fingerprint density at radius 3 is 2.58 bits per heavy atom. The molecule has 1 amide bonds. The first-order valence-corrected chi connectivity index (χ1v) is 11.2. The maximum absolute atomic E-state index is 13.2. The molecule has 1 unspecified atom stereocenters. The van der Waals surface area contributed by atoms with Gasteiger partial charge >= 0.3 is 0 Å². The normalized spacial score (nSPS) is 31.5. The van der Waals surface area contributed by atoms with Crippen molar-refractivity contribution in [3.63, 3.8) is 0 Å². The smallest absolute Gasteiger partial charge is 0.251 e. The number of amides is 1. The van der Waals surface area contributed by atoms with Crippen molar-refractivity contribution in [3.8, 4) is 5.75 Å². The molecule has 2 saturated carbocycles. The average Bonchev–Trinajstić information content (AvgIpc) is 3.13. The fourth-order valence-electron chi connectivity index (χ4n) is 5.68. The van der Waals surface area contributed by atoms with E-state index < -0.39 is 6.23 Å². The summed E-state index contributed by atoms with van der Waals surface area (Å²) in [6.07, 6.45) is 1.19. The summed E-state index contributed by atoms with van der Waals surface area (Å²) in [7, 11) is 1.68. The maximum Gasteiger partial charge on any atom is 0.251 e. The Kier molecular flexibility index (Phi) is 5.04. The maximum atomic E-state index is 13.2. The average molecular weight is 423 g/mol. The van der Waals surface area contributed by atoms with Gasteiger partial charge in [-0.2, -0.15) is 0 Å². The van der Waals surface area contributed by atoms with Gasteiger partial charge in [-0.05, 0) is 55.8 Å². The SMILES string of the molecule is CC[C@@]1(c2ccccc2)COc2c(C(O)NC)cc(C(=O)N[C@H]3[C@@H]4C[C@@H](O)C[C@@H]43)cc21. The zero-order valence-corrected chi connectivity index (χ0v) is 18.0. The van der Waals surface area contributed by atoms with Gasteiger partial charge in [0.2, 0.25) is 0 Å². The van der Waals surface area contributed by atoms with Gasteiger partial charge in [0.15, 0.2) is 0 Å². The van der Waals surface area contributed by atoms with Crippen molar-refractivity contribution in [3.05, 3.63) is 64.7 Å². The highest BCUT2D eigenvalue weighted by Crippen LogP contribution is 2.52. The van der Waals surface area contributed by atoms with Gasteiger partial charge in [0, 0.05) is 22.7 Å². The lowest BCUT2D eigenvalue weighted by molar-refractivity contribution is 0.0936. The molecule has 0 bridgehead atoms. The third kappa shape index (κ3) is 3.25. The van der Waals surface area contributed by atoms with E-state index >= 15 is 0 Å². The number of benzene rings is 2. The quantitative estimate of drug-likeness (QED) is 0.537. The summed E-state index contributed by atoms with van der Waals surface area (Å²) in [5.74, 6) is 1.30. The van der Waals surface area contributed by atoms with Crippen LogP contribution in [0.4, 0.5) is 0 Å². The molecule has 3 aliphatic rings. The monoisotopic (exact) mass is 422 g/mol. The Hall–Kier alpha value is -2.41. The molecule has 2 fully saturated rings. The van der Waals surface area contributed by atoms with Crippen LogP contribution in [0.1, 0.15) is 59.5 Å². The van der Waals surface area contributed by atoms with E-state index in [0.29, 0.717) is 35.3 Å². The number of rotatable bonds is 6. The molecule has 0 saturated heterocycles. The third-order valence-electron chi connectivity index (χ3n) is 7.57. The Morgan fingerprint density at radius 1 is 1.23 bits per heavy atom. The molecule has 0 spiro atoms. The van der Waals surface area contributed by atoms with E-state index in [1.807, 2.05) is 24.3 Å². The Morgan fingerprint density at radius 2 is 1.94 bits per heavy atom. The summed E-state index contributed by atoms with van der Waals surface area (Å²) < 4.78 is 6.15.